The van der Waals surface area contributed by atoms with Crippen LogP contribution in [-0.4, -0.2) is 56.0 Å². The van der Waals surface area contributed by atoms with E-state index in [9.17, 15) is 13.2 Å². The first-order chi connectivity index (χ1) is 7.37. The lowest BCUT2D eigenvalue weighted by atomic mass is 10.2. The Kier molecular flexibility index (Phi) is 5.01. The number of rotatable bonds is 4. The first-order valence-electron chi connectivity index (χ1n) is 5.52. The number of halogens is 3. The van der Waals surface area contributed by atoms with Gasteiger partial charge in [0.15, 0.2) is 0 Å². The maximum atomic E-state index is 11.8. The molecule has 16 heavy (non-hydrogen) atoms. The van der Waals surface area contributed by atoms with Gasteiger partial charge in [0.25, 0.3) is 0 Å². The van der Waals surface area contributed by atoms with Crippen LogP contribution in [0.4, 0.5) is 13.2 Å². The zero-order valence-electron chi connectivity index (χ0n) is 9.68. The van der Waals surface area contributed by atoms with E-state index >= 15 is 0 Å². The Morgan fingerprint density at radius 2 is 1.81 bits per heavy atom. The first-order valence-corrected chi connectivity index (χ1v) is 5.52. The van der Waals surface area contributed by atoms with Crippen LogP contribution in [0.3, 0.4) is 0 Å². The van der Waals surface area contributed by atoms with E-state index < -0.39 is 12.7 Å². The number of nitrogens with one attached hydrogen (secondary N) is 1. The molecule has 3 nitrogen and oxygen atoms in total. The van der Waals surface area contributed by atoms with Crippen molar-refractivity contribution < 1.29 is 17.9 Å². The number of hydrogen-bond donors (Lipinski definition) is 1. The third kappa shape index (κ3) is 5.67. The zero-order chi connectivity index (χ0) is 12.2. The Labute approximate surface area is 93.9 Å². The summed E-state index contributed by atoms with van der Waals surface area (Å²) < 4.78 is 41.1. The van der Waals surface area contributed by atoms with Gasteiger partial charge >= 0.3 is 6.18 Å². The zero-order valence-corrected chi connectivity index (χ0v) is 9.68. The van der Waals surface area contributed by atoms with Gasteiger partial charge in [0, 0.05) is 26.2 Å². The molecule has 0 unspecified atom stereocenters. The van der Waals surface area contributed by atoms with Gasteiger partial charge in [-0.2, -0.15) is 13.2 Å². The van der Waals surface area contributed by atoms with Gasteiger partial charge in [0.05, 0.1) is 18.8 Å². The molecule has 1 heterocycles. The highest BCUT2D eigenvalue weighted by Crippen LogP contribution is 2.12. The molecule has 1 aliphatic heterocycles. The number of nitrogens with zero attached hydrogens (tertiary/aromatic N) is 1. The normalized spacial score (nSPS) is 28.3. The van der Waals surface area contributed by atoms with Crippen LogP contribution >= 0.6 is 0 Å². The van der Waals surface area contributed by atoms with Crippen molar-refractivity contribution in [3.63, 3.8) is 0 Å². The first kappa shape index (κ1) is 13.7. The van der Waals surface area contributed by atoms with Crippen LogP contribution in [0.2, 0.25) is 0 Å². The second kappa shape index (κ2) is 5.84. The maximum Gasteiger partial charge on any atom is 0.401 e. The number of morpholine rings is 1. The standard InChI is InChI=1S/C10H19F3N2O/c1-8-5-15(6-9(2)16-8)4-3-14-7-10(11,12)13/h8-9,14H,3-7H2,1-2H3/t8-,9+. The van der Waals surface area contributed by atoms with E-state index in [1.54, 1.807) is 0 Å². The maximum absolute atomic E-state index is 11.8. The van der Waals surface area contributed by atoms with Crippen molar-refractivity contribution in [2.45, 2.75) is 32.2 Å². The van der Waals surface area contributed by atoms with Crippen molar-refractivity contribution in [1.82, 2.24) is 10.2 Å². The Bertz CT molecular complexity index is 201. The second-order valence-electron chi connectivity index (χ2n) is 4.31. The minimum Gasteiger partial charge on any atom is -0.373 e. The largest absolute Gasteiger partial charge is 0.401 e. The van der Waals surface area contributed by atoms with Gasteiger partial charge in [0.1, 0.15) is 0 Å². The predicted molar refractivity (Wildman–Crippen MR) is 55.4 cm³/mol. The Morgan fingerprint density at radius 1 is 1.25 bits per heavy atom. The van der Waals surface area contributed by atoms with Crippen LogP contribution in [0.5, 0.6) is 0 Å². The fourth-order valence-electron chi connectivity index (χ4n) is 1.93. The number of alkyl halides is 3. The molecule has 6 heteroatoms. The van der Waals surface area contributed by atoms with Crippen molar-refractivity contribution in [3.8, 4) is 0 Å². The molecule has 0 aliphatic carbocycles. The minimum atomic E-state index is -4.12. The predicted octanol–water partition coefficient (Wildman–Crippen LogP) is 1.25. The summed E-state index contributed by atoms with van der Waals surface area (Å²) in [6, 6.07) is 0. The summed E-state index contributed by atoms with van der Waals surface area (Å²) in [5.74, 6) is 0. The summed E-state index contributed by atoms with van der Waals surface area (Å²) >= 11 is 0. The van der Waals surface area contributed by atoms with Crippen molar-refractivity contribution in [2.24, 2.45) is 0 Å². The summed E-state index contributed by atoms with van der Waals surface area (Å²) in [5.41, 5.74) is 0. The lowest BCUT2D eigenvalue weighted by molar-refractivity contribution is -0.125. The molecule has 0 bridgehead atoms. The van der Waals surface area contributed by atoms with Crippen LogP contribution in [0, 0.1) is 0 Å². The van der Waals surface area contributed by atoms with Crippen LogP contribution in [-0.2, 0) is 4.74 Å². The molecule has 0 amide bonds. The molecule has 1 N–H and O–H groups in total. The molecule has 1 rings (SSSR count). The van der Waals surface area contributed by atoms with E-state index in [1.165, 1.54) is 0 Å². The molecule has 2 atom stereocenters. The van der Waals surface area contributed by atoms with E-state index in [4.69, 9.17) is 4.74 Å². The molecule has 0 saturated carbocycles. The molecule has 1 fully saturated rings. The van der Waals surface area contributed by atoms with E-state index in [0.29, 0.717) is 13.1 Å². The van der Waals surface area contributed by atoms with Crippen LogP contribution in [0.25, 0.3) is 0 Å². The van der Waals surface area contributed by atoms with Gasteiger partial charge in [-0.25, -0.2) is 0 Å². The molecule has 1 saturated heterocycles. The van der Waals surface area contributed by atoms with Crippen molar-refractivity contribution in [2.75, 3.05) is 32.7 Å². The monoisotopic (exact) mass is 240 g/mol. The SMILES string of the molecule is C[C@@H]1CN(CCNCC(F)(F)F)C[C@H](C)O1. The highest BCUT2D eigenvalue weighted by Gasteiger charge is 2.26. The molecule has 96 valence electrons. The number of hydrogen-bond acceptors (Lipinski definition) is 3. The Balaban J connectivity index is 2.13. The highest BCUT2D eigenvalue weighted by atomic mass is 19.4. The topological polar surface area (TPSA) is 24.5 Å². The van der Waals surface area contributed by atoms with Gasteiger partial charge in [-0.1, -0.05) is 0 Å². The molecular weight excluding hydrogens is 221 g/mol. The van der Waals surface area contributed by atoms with Crippen LogP contribution in [0.15, 0.2) is 0 Å². The van der Waals surface area contributed by atoms with E-state index in [0.717, 1.165) is 13.1 Å². The van der Waals surface area contributed by atoms with Crippen molar-refractivity contribution in [3.05, 3.63) is 0 Å². The second-order valence-corrected chi connectivity index (χ2v) is 4.31. The van der Waals surface area contributed by atoms with Gasteiger partial charge in [-0.05, 0) is 13.8 Å². The van der Waals surface area contributed by atoms with Crippen molar-refractivity contribution >= 4 is 0 Å². The summed E-state index contributed by atoms with van der Waals surface area (Å²) in [4.78, 5) is 2.13. The summed E-state index contributed by atoms with van der Waals surface area (Å²) in [7, 11) is 0. The quantitative estimate of drug-likeness (QED) is 0.748. The van der Waals surface area contributed by atoms with E-state index in [1.807, 2.05) is 13.8 Å². The fourth-order valence-corrected chi connectivity index (χ4v) is 1.93. The van der Waals surface area contributed by atoms with E-state index in [-0.39, 0.29) is 12.2 Å². The average Bonchev–Trinajstić information content (AvgIpc) is 2.09. The van der Waals surface area contributed by atoms with Gasteiger partial charge in [0.2, 0.25) is 0 Å². The Hall–Kier alpha value is -0.330. The molecule has 0 aromatic carbocycles. The molecule has 0 radical (unpaired) electrons. The van der Waals surface area contributed by atoms with Gasteiger partial charge in [-0.3, -0.25) is 4.90 Å². The van der Waals surface area contributed by atoms with Gasteiger partial charge in [-0.15, -0.1) is 0 Å². The van der Waals surface area contributed by atoms with Crippen LogP contribution in [0.1, 0.15) is 13.8 Å². The smallest absolute Gasteiger partial charge is 0.373 e. The summed E-state index contributed by atoms with van der Waals surface area (Å²) in [6.45, 7) is 5.61. The average molecular weight is 240 g/mol. The number of ether oxygens (including phenoxy) is 1. The molecule has 1 aliphatic rings. The fraction of sp³-hybridized carbons (Fsp3) is 1.00. The third-order valence-electron chi connectivity index (χ3n) is 2.43. The molecule has 0 aromatic heterocycles. The third-order valence-corrected chi connectivity index (χ3v) is 2.43. The van der Waals surface area contributed by atoms with E-state index in [2.05, 4.69) is 10.2 Å². The van der Waals surface area contributed by atoms with Gasteiger partial charge < -0.3 is 10.1 Å². The van der Waals surface area contributed by atoms with Crippen molar-refractivity contribution in [1.29, 1.82) is 0 Å². The lowest BCUT2D eigenvalue weighted by Gasteiger charge is -2.35. The van der Waals surface area contributed by atoms with Crippen LogP contribution < -0.4 is 5.32 Å². The Morgan fingerprint density at radius 3 is 2.31 bits per heavy atom. The molecule has 0 spiro atoms. The molecule has 0 aromatic rings. The lowest BCUT2D eigenvalue weighted by Crippen LogP contribution is -2.48. The highest BCUT2D eigenvalue weighted by molar-refractivity contribution is 4.73. The summed E-state index contributed by atoms with van der Waals surface area (Å²) in [6.07, 6.45) is -3.80. The minimum absolute atomic E-state index is 0.159. The molecular formula is C10H19F3N2O. The summed E-state index contributed by atoms with van der Waals surface area (Å²) in [5, 5.41) is 2.39.